The number of aromatic nitrogens is 1. The largest absolute Gasteiger partial charge is 0.504 e. The van der Waals surface area contributed by atoms with Crippen LogP contribution in [-0.2, 0) is 0 Å². The molecule has 0 amide bonds. The number of nitrogens with zero attached hydrogens (tertiary/aromatic N) is 1. The van der Waals surface area contributed by atoms with Gasteiger partial charge in [-0.15, -0.1) is 0 Å². The van der Waals surface area contributed by atoms with E-state index < -0.39 is 46.2 Å². The van der Waals surface area contributed by atoms with Gasteiger partial charge in [0.2, 0.25) is 5.76 Å². The first kappa shape index (κ1) is 12.0. The molecular weight excluding hydrogens is 255 g/mol. The molecule has 0 saturated carbocycles. The average molecular weight is 259 g/mol. The number of carbonyl (C=O) groups is 1. The molecule has 8 heteroatoms. The molecule has 0 aliphatic heterocycles. The Morgan fingerprint density at radius 3 is 2.44 bits per heavy atom. The fourth-order valence-corrected chi connectivity index (χ4v) is 1.31. The van der Waals surface area contributed by atoms with Gasteiger partial charge in [-0.05, 0) is 0 Å². The molecule has 5 nitrogen and oxygen atoms in total. The van der Waals surface area contributed by atoms with E-state index in [4.69, 9.17) is 5.11 Å². The first-order valence-corrected chi connectivity index (χ1v) is 4.48. The van der Waals surface area contributed by atoms with Crippen LogP contribution in [0.5, 0.6) is 5.75 Å². The predicted molar refractivity (Wildman–Crippen MR) is 50.4 cm³/mol. The topological polar surface area (TPSA) is 83.6 Å². The van der Waals surface area contributed by atoms with Crippen molar-refractivity contribution in [3.05, 3.63) is 35.3 Å². The number of aromatic hydroxyl groups is 1. The highest BCUT2D eigenvalue weighted by atomic mass is 19.2. The number of carboxylic acids is 1. The number of rotatable bonds is 2. The number of carboxylic acid groups (broad SMARTS) is 1. The summed E-state index contributed by atoms with van der Waals surface area (Å²) in [5.74, 6) is -7.83. The Balaban J connectivity index is 2.66. The first-order valence-electron chi connectivity index (χ1n) is 4.48. The van der Waals surface area contributed by atoms with E-state index in [1.807, 2.05) is 0 Å². The van der Waals surface area contributed by atoms with Crippen molar-refractivity contribution >= 4 is 5.97 Å². The summed E-state index contributed by atoms with van der Waals surface area (Å²) >= 11 is 0. The number of phenolic OH excluding ortho intramolecular Hbond substituents is 1. The standard InChI is InChI=1S/C10H4F3NO4/c11-3-1-4(12)9(15)7(8(3)13)5-2-6(10(16)17)18-14-5/h1-2,15H,(H,16,17). The summed E-state index contributed by atoms with van der Waals surface area (Å²) in [6.45, 7) is 0. The third-order valence-electron chi connectivity index (χ3n) is 2.12. The minimum Gasteiger partial charge on any atom is -0.504 e. The van der Waals surface area contributed by atoms with Crippen molar-refractivity contribution in [2.45, 2.75) is 0 Å². The lowest BCUT2D eigenvalue weighted by molar-refractivity contribution is 0.0652. The maximum atomic E-state index is 13.4. The number of aromatic carboxylic acids is 1. The van der Waals surface area contributed by atoms with Gasteiger partial charge >= 0.3 is 5.97 Å². The zero-order valence-electron chi connectivity index (χ0n) is 8.45. The SMILES string of the molecule is O=C(O)c1cc(-c2c(O)c(F)cc(F)c2F)no1. The van der Waals surface area contributed by atoms with Gasteiger partial charge in [0.25, 0.3) is 0 Å². The number of phenols is 1. The third-order valence-corrected chi connectivity index (χ3v) is 2.12. The van der Waals surface area contributed by atoms with Gasteiger partial charge in [-0.3, -0.25) is 0 Å². The molecule has 0 saturated heterocycles. The summed E-state index contributed by atoms with van der Waals surface area (Å²) in [5, 5.41) is 21.0. The normalized spacial score (nSPS) is 10.6. The minimum absolute atomic E-state index is 0.159. The predicted octanol–water partition coefficient (Wildman–Crippen LogP) is 2.16. The van der Waals surface area contributed by atoms with Crippen LogP contribution in [0.1, 0.15) is 10.6 Å². The lowest BCUT2D eigenvalue weighted by Gasteiger charge is -2.04. The Kier molecular flexibility index (Phi) is 2.70. The fraction of sp³-hybridized carbons (Fsp3) is 0. The zero-order valence-corrected chi connectivity index (χ0v) is 8.45. The molecular formula is C10H4F3NO4. The minimum atomic E-state index is -1.56. The second-order valence-corrected chi connectivity index (χ2v) is 3.26. The molecule has 94 valence electrons. The summed E-state index contributed by atoms with van der Waals surface area (Å²) in [5.41, 5.74) is -1.43. The highest BCUT2D eigenvalue weighted by molar-refractivity contribution is 5.86. The van der Waals surface area contributed by atoms with Crippen LogP contribution in [0, 0.1) is 17.5 Å². The molecule has 1 aromatic heterocycles. The van der Waals surface area contributed by atoms with Gasteiger partial charge < -0.3 is 14.7 Å². The Morgan fingerprint density at radius 2 is 1.89 bits per heavy atom. The molecule has 0 aliphatic carbocycles. The quantitative estimate of drug-likeness (QED) is 0.807. The summed E-state index contributed by atoms with van der Waals surface area (Å²) < 4.78 is 43.7. The van der Waals surface area contributed by atoms with Gasteiger partial charge in [-0.1, -0.05) is 5.16 Å². The van der Waals surface area contributed by atoms with E-state index in [9.17, 15) is 23.1 Å². The first-order chi connectivity index (χ1) is 8.41. The molecule has 1 aromatic carbocycles. The third kappa shape index (κ3) is 1.77. The highest BCUT2D eigenvalue weighted by Gasteiger charge is 2.23. The van der Waals surface area contributed by atoms with E-state index in [0.29, 0.717) is 0 Å². The van der Waals surface area contributed by atoms with E-state index in [1.165, 1.54) is 0 Å². The average Bonchev–Trinajstić information content (AvgIpc) is 2.76. The lowest BCUT2D eigenvalue weighted by Crippen LogP contribution is -1.94. The summed E-state index contributed by atoms with van der Waals surface area (Å²) in [6.07, 6.45) is 0. The Bertz CT molecular complexity index is 612. The van der Waals surface area contributed by atoms with E-state index >= 15 is 0 Å². The van der Waals surface area contributed by atoms with Crippen LogP contribution in [0.25, 0.3) is 11.3 Å². The molecule has 2 N–H and O–H groups in total. The summed E-state index contributed by atoms with van der Waals surface area (Å²) in [4.78, 5) is 10.5. The fourth-order valence-electron chi connectivity index (χ4n) is 1.31. The highest BCUT2D eigenvalue weighted by Crippen LogP contribution is 2.34. The van der Waals surface area contributed by atoms with Crippen LogP contribution in [0.4, 0.5) is 13.2 Å². The van der Waals surface area contributed by atoms with Crippen molar-refractivity contribution < 1.29 is 32.7 Å². The Morgan fingerprint density at radius 1 is 1.22 bits per heavy atom. The molecule has 2 aromatic rings. The second kappa shape index (κ2) is 4.06. The molecule has 2 rings (SSSR count). The Labute approximate surface area is 97.1 Å². The maximum absolute atomic E-state index is 13.4. The summed E-state index contributed by atoms with van der Waals surface area (Å²) in [6, 6.07) is 0.895. The molecule has 0 atom stereocenters. The van der Waals surface area contributed by atoms with Crippen molar-refractivity contribution in [1.29, 1.82) is 0 Å². The molecule has 18 heavy (non-hydrogen) atoms. The van der Waals surface area contributed by atoms with Crippen molar-refractivity contribution in [3.63, 3.8) is 0 Å². The van der Waals surface area contributed by atoms with Crippen molar-refractivity contribution in [2.75, 3.05) is 0 Å². The van der Waals surface area contributed by atoms with E-state index in [0.717, 1.165) is 6.07 Å². The van der Waals surface area contributed by atoms with Crippen LogP contribution in [-0.4, -0.2) is 21.3 Å². The van der Waals surface area contributed by atoms with Gasteiger partial charge in [0.1, 0.15) is 5.69 Å². The number of hydrogen-bond donors (Lipinski definition) is 2. The molecule has 1 heterocycles. The zero-order chi connectivity index (χ0) is 13.4. The van der Waals surface area contributed by atoms with E-state index in [-0.39, 0.29) is 6.07 Å². The Hall–Kier alpha value is -2.51. The van der Waals surface area contributed by atoms with Gasteiger partial charge in [0, 0.05) is 12.1 Å². The second-order valence-electron chi connectivity index (χ2n) is 3.26. The monoisotopic (exact) mass is 259 g/mol. The van der Waals surface area contributed by atoms with Gasteiger partial charge in [0.05, 0.1) is 5.56 Å². The molecule has 0 spiro atoms. The van der Waals surface area contributed by atoms with Crippen molar-refractivity contribution in [3.8, 4) is 17.0 Å². The molecule has 0 unspecified atom stereocenters. The number of benzene rings is 1. The lowest BCUT2D eigenvalue weighted by atomic mass is 10.1. The van der Waals surface area contributed by atoms with Crippen LogP contribution in [0.3, 0.4) is 0 Å². The van der Waals surface area contributed by atoms with Gasteiger partial charge in [-0.2, -0.15) is 0 Å². The summed E-state index contributed by atoms with van der Waals surface area (Å²) in [7, 11) is 0. The van der Waals surface area contributed by atoms with Crippen LogP contribution in [0.15, 0.2) is 16.7 Å². The van der Waals surface area contributed by atoms with E-state index in [1.54, 1.807) is 0 Å². The molecule has 0 fully saturated rings. The van der Waals surface area contributed by atoms with Gasteiger partial charge in [-0.25, -0.2) is 18.0 Å². The maximum Gasteiger partial charge on any atom is 0.374 e. The molecule has 0 aliphatic rings. The van der Waals surface area contributed by atoms with E-state index in [2.05, 4.69) is 9.68 Å². The van der Waals surface area contributed by atoms with Gasteiger partial charge in [0.15, 0.2) is 23.2 Å². The van der Waals surface area contributed by atoms with Crippen LogP contribution in [0.2, 0.25) is 0 Å². The number of hydrogen-bond acceptors (Lipinski definition) is 4. The smallest absolute Gasteiger partial charge is 0.374 e. The van der Waals surface area contributed by atoms with Crippen molar-refractivity contribution in [1.82, 2.24) is 5.16 Å². The van der Waals surface area contributed by atoms with Crippen LogP contribution < -0.4 is 0 Å². The molecule has 0 bridgehead atoms. The number of halogens is 3. The van der Waals surface area contributed by atoms with Crippen molar-refractivity contribution in [2.24, 2.45) is 0 Å². The van der Waals surface area contributed by atoms with Crippen LogP contribution >= 0.6 is 0 Å². The molecule has 0 radical (unpaired) electrons.